The van der Waals surface area contributed by atoms with Gasteiger partial charge in [-0.15, -0.1) is 0 Å². The molecule has 40 heavy (non-hydrogen) atoms. The van der Waals surface area contributed by atoms with Crippen molar-refractivity contribution in [2.24, 2.45) is 0 Å². The summed E-state index contributed by atoms with van der Waals surface area (Å²) in [5.41, 5.74) is 2.82. The lowest BCUT2D eigenvalue weighted by Crippen LogP contribution is -2.27. The van der Waals surface area contributed by atoms with Crippen molar-refractivity contribution in [3.8, 4) is 0 Å². The Morgan fingerprint density at radius 1 is 0.600 bits per heavy atom. The summed E-state index contributed by atoms with van der Waals surface area (Å²) in [6.07, 6.45) is 3.50. The smallest absolute Gasteiger partial charge is 0.251 e. The number of hydrogen-bond donors (Lipinski definition) is 4. The summed E-state index contributed by atoms with van der Waals surface area (Å²) in [7, 11) is 0. The average molecular weight is 543 g/mol. The van der Waals surface area contributed by atoms with Gasteiger partial charge in [0, 0.05) is 44.1 Å². The van der Waals surface area contributed by atoms with Crippen LogP contribution in [0.3, 0.4) is 0 Å². The Hall–Kier alpha value is -4.61. The second-order valence-corrected chi connectivity index (χ2v) is 8.63. The highest BCUT2D eigenvalue weighted by Crippen LogP contribution is 2.12. The summed E-state index contributed by atoms with van der Waals surface area (Å²) in [5.74, 6) is 1.25. The van der Waals surface area contributed by atoms with Crippen LogP contribution in [-0.2, 0) is 22.6 Å². The number of benzene rings is 2. The lowest BCUT2D eigenvalue weighted by Gasteiger charge is -2.12. The topological polar surface area (TPSA) is 135 Å². The van der Waals surface area contributed by atoms with Gasteiger partial charge in [0.15, 0.2) is 0 Å². The maximum Gasteiger partial charge on any atom is 0.251 e. The van der Waals surface area contributed by atoms with E-state index in [1.54, 1.807) is 24.5 Å². The lowest BCUT2D eigenvalue weighted by molar-refractivity contribution is 0.0519. The Morgan fingerprint density at radius 2 is 1.12 bits per heavy atom. The third kappa shape index (κ3) is 10.3. The number of amides is 1. The van der Waals surface area contributed by atoms with E-state index in [-0.39, 0.29) is 5.91 Å². The van der Waals surface area contributed by atoms with Crippen molar-refractivity contribution < 1.29 is 14.3 Å². The van der Waals surface area contributed by atoms with Crippen molar-refractivity contribution in [3.63, 3.8) is 0 Å². The first-order valence-electron chi connectivity index (χ1n) is 13.2. The van der Waals surface area contributed by atoms with Gasteiger partial charge in [0.05, 0.1) is 26.4 Å². The van der Waals surface area contributed by atoms with Crippen molar-refractivity contribution >= 4 is 23.8 Å². The van der Waals surface area contributed by atoms with Crippen molar-refractivity contribution in [2.45, 2.75) is 13.1 Å². The third-order valence-electron chi connectivity index (χ3n) is 5.60. The van der Waals surface area contributed by atoms with Gasteiger partial charge in [-0.25, -0.2) is 0 Å². The van der Waals surface area contributed by atoms with Crippen LogP contribution in [0.25, 0.3) is 0 Å². The zero-order valence-corrected chi connectivity index (χ0v) is 22.3. The van der Waals surface area contributed by atoms with E-state index in [0.29, 0.717) is 76.0 Å². The number of carbonyl (C=O) groups excluding carboxylic acids is 1. The predicted molar refractivity (Wildman–Crippen MR) is 154 cm³/mol. The Labute approximate surface area is 233 Å². The van der Waals surface area contributed by atoms with Gasteiger partial charge in [0.1, 0.15) is 0 Å². The normalized spacial score (nSPS) is 10.6. The van der Waals surface area contributed by atoms with Crippen molar-refractivity contribution in [2.75, 3.05) is 55.5 Å². The van der Waals surface area contributed by atoms with E-state index in [4.69, 9.17) is 9.47 Å². The molecule has 0 aliphatic carbocycles. The molecule has 0 aliphatic heterocycles. The molecule has 0 saturated heterocycles. The number of aromatic nitrogens is 4. The standard InChI is InChI=1S/C29H34N8O3/c38-26(25-9-5-2-6-10-25)31-15-17-39-19-20-40-18-16-32-27-35-28(33-21-23-7-3-1-4-8-23)37-29(36-27)34-22-24-11-13-30-14-12-24/h1-14H,15-22H2,(H,31,38)(H3,32,33,34,35,36,37). The van der Waals surface area contributed by atoms with Gasteiger partial charge >= 0.3 is 0 Å². The monoisotopic (exact) mass is 542 g/mol. The molecule has 2 aromatic carbocycles. The van der Waals surface area contributed by atoms with Gasteiger partial charge < -0.3 is 30.7 Å². The van der Waals surface area contributed by atoms with E-state index in [9.17, 15) is 4.79 Å². The summed E-state index contributed by atoms with van der Waals surface area (Å²) in [4.78, 5) is 29.5. The number of nitrogens with one attached hydrogen (secondary N) is 4. The van der Waals surface area contributed by atoms with Crippen molar-refractivity contribution in [3.05, 3.63) is 102 Å². The van der Waals surface area contributed by atoms with Crippen LogP contribution in [-0.4, -0.2) is 65.4 Å². The molecule has 0 unspecified atom stereocenters. The second-order valence-electron chi connectivity index (χ2n) is 8.63. The molecule has 1 amide bonds. The summed E-state index contributed by atoms with van der Waals surface area (Å²) < 4.78 is 11.2. The van der Waals surface area contributed by atoms with Crippen LogP contribution < -0.4 is 21.3 Å². The number of ether oxygens (including phenoxy) is 2. The molecule has 2 heterocycles. The van der Waals surface area contributed by atoms with Crippen LogP contribution in [0, 0.1) is 0 Å². The van der Waals surface area contributed by atoms with E-state index in [0.717, 1.165) is 11.1 Å². The summed E-state index contributed by atoms with van der Waals surface area (Å²) in [5, 5.41) is 12.5. The highest BCUT2D eigenvalue weighted by atomic mass is 16.5. The maximum absolute atomic E-state index is 12.0. The third-order valence-corrected chi connectivity index (χ3v) is 5.60. The van der Waals surface area contributed by atoms with Gasteiger partial charge in [0.2, 0.25) is 17.8 Å². The molecule has 0 radical (unpaired) electrons. The van der Waals surface area contributed by atoms with Crippen molar-refractivity contribution in [1.82, 2.24) is 25.3 Å². The number of anilines is 3. The van der Waals surface area contributed by atoms with Crippen LogP contribution in [0.1, 0.15) is 21.5 Å². The minimum absolute atomic E-state index is 0.112. The number of rotatable bonds is 17. The fourth-order valence-electron chi connectivity index (χ4n) is 3.56. The zero-order valence-electron chi connectivity index (χ0n) is 22.3. The minimum Gasteiger partial charge on any atom is -0.377 e. The number of pyridine rings is 1. The van der Waals surface area contributed by atoms with Gasteiger partial charge in [-0.3, -0.25) is 9.78 Å². The molecule has 4 aromatic rings. The molecule has 2 aromatic heterocycles. The molecule has 4 N–H and O–H groups in total. The van der Waals surface area contributed by atoms with Gasteiger partial charge in [0.25, 0.3) is 5.91 Å². The molecular formula is C29H34N8O3. The molecule has 11 nitrogen and oxygen atoms in total. The lowest BCUT2D eigenvalue weighted by atomic mass is 10.2. The van der Waals surface area contributed by atoms with Crippen LogP contribution in [0.15, 0.2) is 85.2 Å². The van der Waals surface area contributed by atoms with Crippen LogP contribution >= 0.6 is 0 Å². The summed E-state index contributed by atoms with van der Waals surface area (Å²) in [6, 6.07) is 23.0. The zero-order chi connectivity index (χ0) is 27.7. The molecule has 0 atom stereocenters. The van der Waals surface area contributed by atoms with E-state index in [1.807, 2.05) is 60.7 Å². The van der Waals surface area contributed by atoms with Crippen molar-refractivity contribution in [1.29, 1.82) is 0 Å². The Bertz CT molecular complexity index is 1220. The number of nitrogens with zero attached hydrogens (tertiary/aromatic N) is 4. The molecule has 208 valence electrons. The molecular weight excluding hydrogens is 508 g/mol. The Morgan fingerprint density at radius 3 is 1.75 bits per heavy atom. The van der Waals surface area contributed by atoms with E-state index < -0.39 is 0 Å². The molecule has 0 bridgehead atoms. The second kappa shape index (κ2) is 16.4. The first kappa shape index (κ1) is 28.4. The fraction of sp³-hybridized carbons (Fsp3) is 0.276. The van der Waals surface area contributed by atoms with Gasteiger partial charge in [-0.05, 0) is 35.4 Å². The molecule has 0 fully saturated rings. The molecule has 11 heteroatoms. The highest BCUT2D eigenvalue weighted by molar-refractivity contribution is 5.94. The minimum atomic E-state index is -0.112. The first-order valence-corrected chi connectivity index (χ1v) is 13.2. The quantitative estimate of drug-likeness (QED) is 0.147. The fourth-order valence-corrected chi connectivity index (χ4v) is 3.56. The summed E-state index contributed by atoms with van der Waals surface area (Å²) in [6.45, 7) is 3.84. The molecule has 0 saturated carbocycles. The molecule has 0 aliphatic rings. The van der Waals surface area contributed by atoms with E-state index in [2.05, 4.69) is 41.2 Å². The van der Waals surface area contributed by atoms with E-state index in [1.165, 1.54) is 0 Å². The molecule has 0 spiro atoms. The van der Waals surface area contributed by atoms with Crippen LogP contribution in [0.2, 0.25) is 0 Å². The van der Waals surface area contributed by atoms with Gasteiger partial charge in [-0.2, -0.15) is 15.0 Å². The molecule has 4 rings (SSSR count). The first-order chi connectivity index (χ1) is 19.8. The average Bonchev–Trinajstić information content (AvgIpc) is 3.01. The van der Waals surface area contributed by atoms with E-state index >= 15 is 0 Å². The largest absolute Gasteiger partial charge is 0.377 e. The predicted octanol–water partition coefficient (Wildman–Crippen LogP) is 3.37. The van der Waals surface area contributed by atoms with Crippen LogP contribution in [0.5, 0.6) is 0 Å². The SMILES string of the molecule is O=C(NCCOCCOCCNc1nc(NCc2ccccc2)nc(NCc2ccncc2)n1)c1ccccc1. The highest BCUT2D eigenvalue weighted by Gasteiger charge is 2.07. The number of hydrogen-bond acceptors (Lipinski definition) is 10. The Kier molecular flexibility index (Phi) is 11.6. The number of carbonyl (C=O) groups is 1. The maximum atomic E-state index is 12.0. The Balaban J connectivity index is 1.16. The van der Waals surface area contributed by atoms with Crippen LogP contribution in [0.4, 0.5) is 17.8 Å². The van der Waals surface area contributed by atoms with Gasteiger partial charge in [-0.1, -0.05) is 48.5 Å². The summed E-state index contributed by atoms with van der Waals surface area (Å²) >= 11 is 0.